The van der Waals surface area contributed by atoms with Gasteiger partial charge in [-0.3, -0.25) is 9.97 Å². The van der Waals surface area contributed by atoms with Gasteiger partial charge in [-0.1, -0.05) is 0 Å². The number of ether oxygens (including phenoxy) is 1. The molecule has 0 spiro atoms. The fraction of sp³-hybridized carbons (Fsp3) is 0.167. The molecule has 0 aliphatic carbocycles. The van der Waals surface area contributed by atoms with Crippen LogP contribution in [0.5, 0.6) is 11.5 Å². The van der Waals surface area contributed by atoms with Gasteiger partial charge < -0.3 is 4.74 Å². The second-order valence-corrected chi connectivity index (χ2v) is 3.62. The monoisotopic (exact) mass is 234 g/mol. The van der Waals surface area contributed by atoms with Crippen LogP contribution in [0.1, 0.15) is 11.3 Å². The van der Waals surface area contributed by atoms with Crippen molar-refractivity contribution in [1.82, 2.24) is 9.97 Å². The van der Waals surface area contributed by atoms with Gasteiger partial charge in [0, 0.05) is 23.7 Å². The van der Waals surface area contributed by atoms with Crippen molar-refractivity contribution in [2.45, 2.75) is 12.8 Å². The van der Waals surface area contributed by atoms with Crippen molar-refractivity contribution in [2.24, 2.45) is 0 Å². The smallest absolute Gasteiger partial charge is 0.145 e. The molecule has 2 aromatic heterocycles. The van der Waals surface area contributed by atoms with E-state index in [0.717, 1.165) is 17.0 Å². The van der Waals surface area contributed by atoms with Gasteiger partial charge in [-0.25, -0.2) is 0 Å². The van der Waals surface area contributed by atoms with E-state index in [0.29, 0.717) is 11.6 Å². The van der Waals surface area contributed by atoms with Crippen LogP contribution in [0, 0.1) is 6.92 Å². The van der Waals surface area contributed by atoms with E-state index in [9.17, 15) is 0 Å². The highest BCUT2D eigenvalue weighted by molar-refractivity contribution is 6.17. The van der Waals surface area contributed by atoms with Gasteiger partial charge in [0.2, 0.25) is 0 Å². The second kappa shape index (κ2) is 4.94. The van der Waals surface area contributed by atoms with Crippen molar-refractivity contribution in [3.05, 3.63) is 48.0 Å². The summed E-state index contributed by atoms with van der Waals surface area (Å²) in [6, 6.07) is 5.56. The molecule has 0 radical (unpaired) electrons. The van der Waals surface area contributed by atoms with E-state index in [2.05, 4.69) is 9.97 Å². The van der Waals surface area contributed by atoms with Crippen LogP contribution in [0.25, 0.3) is 0 Å². The topological polar surface area (TPSA) is 35.0 Å². The van der Waals surface area contributed by atoms with Crippen LogP contribution in [0.2, 0.25) is 0 Å². The summed E-state index contributed by atoms with van der Waals surface area (Å²) in [5.41, 5.74) is 1.82. The molecular formula is C12H11ClN2O. The third-order valence-electron chi connectivity index (χ3n) is 2.11. The van der Waals surface area contributed by atoms with Crippen LogP contribution in [0.3, 0.4) is 0 Å². The molecule has 0 atom stereocenters. The zero-order valence-corrected chi connectivity index (χ0v) is 9.61. The minimum Gasteiger partial charge on any atom is -0.455 e. The van der Waals surface area contributed by atoms with Gasteiger partial charge in [-0.05, 0) is 25.1 Å². The Morgan fingerprint density at radius 3 is 2.81 bits per heavy atom. The number of hydrogen-bond donors (Lipinski definition) is 0. The highest BCUT2D eigenvalue weighted by atomic mass is 35.5. The Morgan fingerprint density at radius 1 is 1.25 bits per heavy atom. The molecule has 0 fully saturated rings. The van der Waals surface area contributed by atoms with Gasteiger partial charge in [0.05, 0.1) is 12.1 Å². The first-order valence-electron chi connectivity index (χ1n) is 4.89. The molecule has 2 heterocycles. The van der Waals surface area contributed by atoms with Crippen LogP contribution in [0.4, 0.5) is 0 Å². The number of nitrogens with zero attached hydrogens (tertiary/aromatic N) is 2. The van der Waals surface area contributed by atoms with Crippen LogP contribution >= 0.6 is 11.6 Å². The van der Waals surface area contributed by atoms with Crippen LogP contribution in [-0.4, -0.2) is 9.97 Å². The zero-order chi connectivity index (χ0) is 11.4. The van der Waals surface area contributed by atoms with E-state index in [1.165, 1.54) is 0 Å². The minimum atomic E-state index is 0.377. The molecule has 3 nitrogen and oxygen atoms in total. The summed E-state index contributed by atoms with van der Waals surface area (Å²) in [6.45, 7) is 1.93. The fourth-order valence-corrected chi connectivity index (χ4v) is 1.46. The lowest BCUT2D eigenvalue weighted by Crippen LogP contribution is -1.91. The molecule has 0 saturated carbocycles. The summed E-state index contributed by atoms with van der Waals surface area (Å²) in [5.74, 6) is 1.79. The van der Waals surface area contributed by atoms with Crippen LogP contribution in [-0.2, 0) is 5.88 Å². The molecule has 0 unspecified atom stereocenters. The lowest BCUT2D eigenvalue weighted by molar-refractivity contribution is 0.475. The van der Waals surface area contributed by atoms with Gasteiger partial charge in [0.1, 0.15) is 11.5 Å². The van der Waals surface area contributed by atoms with Gasteiger partial charge in [-0.2, -0.15) is 0 Å². The Morgan fingerprint density at radius 2 is 2.12 bits per heavy atom. The molecule has 0 aliphatic heterocycles. The van der Waals surface area contributed by atoms with Crippen LogP contribution in [0.15, 0.2) is 36.8 Å². The highest BCUT2D eigenvalue weighted by Crippen LogP contribution is 2.24. The zero-order valence-electron chi connectivity index (χ0n) is 8.85. The van der Waals surface area contributed by atoms with Gasteiger partial charge >= 0.3 is 0 Å². The molecule has 2 aromatic rings. The van der Waals surface area contributed by atoms with Crippen molar-refractivity contribution in [3.8, 4) is 11.5 Å². The number of alkyl halides is 1. The summed E-state index contributed by atoms with van der Waals surface area (Å²) in [6.07, 6.45) is 5.06. The average Bonchev–Trinajstić information content (AvgIpc) is 2.33. The van der Waals surface area contributed by atoms with Gasteiger partial charge in [0.15, 0.2) is 0 Å². The first-order valence-corrected chi connectivity index (χ1v) is 5.42. The number of aryl methyl sites for hydroxylation is 1. The maximum Gasteiger partial charge on any atom is 0.145 e. The molecule has 0 saturated heterocycles. The Hall–Kier alpha value is -1.61. The van der Waals surface area contributed by atoms with E-state index >= 15 is 0 Å². The predicted octanol–water partition coefficient (Wildman–Crippen LogP) is 3.32. The maximum absolute atomic E-state index is 5.79. The maximum atomic E-state index is 5.79. The lowest BCUT2D eigenvalue weighted by atomic mass is 10.3. The molecule has 16 heavy (non-hydrogen) atoms. The first-order chi connectivity index (χ1) is 7.79. The summed E-state index contributed by atoms with van der Waals surface area (Å²) in [5, 5.41) is 0. The Labute approximate surface area is 99.1 Å². The molecule has 0 aliphatic rings. The third kappa shape index (κ3) is 2.49. The Balaban J connectivity index is 2.23. The molecule has 4 heteroatoms. The fourth-order valence-electron chi connectivity index (χ4n) is 1.26. The molecule has 0 amide bonds. The van der Waals surface area contributed by atoms with Crippen molar-refractivity contribution in [1.29, 1.82) is 0 Å². The largest absolute Gasteiger partial charge is 0.455 e. The lowest BCUT2D eigenvalue weighted by Gasteiger charge is -2.08. The van der Waals surface area contributed by atoms with E-state index in [-0.39, 0.29) is 0 Å². The molecule has 2 rings (SSSR count). The highest BCUT2D eigenvalue weighted by Gasteiger charge is 2.03. The normalized spacial score (nSPS) is 10.1. The number of rotatable bonds is 3. The number of aromatic nitrogens is 2. The van der Waals surface area contributed by atoms with Crippen molar-refractivity contribution in [3.63, 3.8) is 0 Å². The Bertz CT molecular complexity index is 471. The molecule has 0 aromatic carbocycles. The van der Waals surface area contributed by atoms with E-state index < -0.39 is 0 Å². The number of halogens is 1. The Kier molecular flexibility index (Phi) is 3.37. The quantitative estimate of drug-likeness (QED) is 0.765. The number of hydrogen-bond acceptors (Lipinski definition) is 3. The first kappa shape index (κ1) is 10.9. The number of pyridine rings is 2. The standard InChI is InChI=1S/C12H11ClN2O/c1-9-2-3-11(8-15-9)16-12-4-5-14-7-10(12)6-13/h2-5,7-8H,6H2,1H3. The van der Waals surface area contributed by atoms with Gasteiger partial charge in [0.25, 0.3) is 0 Å². The molecule has 0 N–H and O–H groups in total. The van der Waals surface area contributed by atoms with Crippen LogP contribution < -0.4 is 4.74 Å². The van der Waals surface area contributed by atoms with E-state index in [1.807, 2.05) is 19.1 Å². The molecule has 0 bridgehead atoms. The SMILES string of the molecule is Cc1ccc(Oc2ccncc2CCl)cn1. The summed E-state index contributed by atoms with van der Waals surface area (Å²) >= 11 is 5.79. The molecular weight excluding hydrogens is 224 g/mol. The van der Waals surface area contributed by atoms with E-state index in [4.69, 9.17) is 16.3 Å². The third-order valence-corrected chi connectivity index (χ3v) is 2.40. The second-order valence-electron chi connectivity index (χ2n) is 3.35. The van der Waals surface area contributed by atoms with Gasteiger partial charge in [-0.15, -0.1) is 11.6 Å². The van der Waals surface area contributed by atoms with Crippen molar-refractivity contribution < 1.29 is 4.74 Å². The van der Waals surface area contributed by atoms with E-state index in [1.54, 1.807) is 24.7 Å². The summed E-state index contributed by atoms with van der Waals surface area (Å²) in [7, 11) is 0. The summed E-state index contributed by atoms with van der Waals surface area (Å²) in [4.78, 5) is 8.15. The predicted molar refractivity (Wildman–Crippen MR) is 62.8 cm³/mol. The summed E-state index contributed by atoms with van der Waals surface area (Å²) < 4.78 is 5.67. The molecule has 82 valence electrons. The average molecular weight is 235 g/mol. The van der Waals surface area contributed by atoms with Crippen molar-refractivity contribution in [2.75, 3.05) is 0 Å². The minimum absolute atomic E-state index is 0.377. The van der Waals surface area contributed by atoms with Crippen molar-refractivity contribution >= 4 is 11.6 Å².